The van der Waals surface area contributed by atoms with Gasteiger partial charge < -0.3 is 10.4 Å². The average Bonchev–Trinajstić information content (AvgIpc) is 2.29. The number of hydrogen-bond donors (Lipinski definition) is 2. The van der Waals surface area contributed by atoms with Gasteiger partial charge in [-0.2, -0.15) is 0 Å². The molecular formula is C13H26N2O3. The second-order valence-electron chi connectivity index (χ2n) is 4.97. The lowest BCUT2D eigenvalue weighted by Crippen LogP contribution is -2.58. The summed E-state index contributed by atoms with van der Waals surface area (Å²) in [6.07, 6.45) is 1.96. The maximum absolute atomic E-state index is 11.9. The highest BCUT2D eigenvalue weighted by molar-refractivity contribution is 5.83. The molecule has 0 saturated carbocycles. The van der Waals surface area contributed by atoms with Crippen LogP contribution in [0.15, 0.2) is 0 Å². The van der Waals surface area contributed by atoms with Crippen molar-refractivity contribution in [3.63, 3.8) is 0 Å². The summed E-state index contributed by atoms with van der Waals surface area (Å²) in [7, 11) is 0. The zero-order chi connectivity index (χ0) is 14.3. The summed E-state index contributed by atoms with van der Waals surface area (Å²) in [5.41, 5.74) is -1.05. The molecule has 0 aromatic carbocycles. The third-order valence-corrected chi connectivity index (χ3v) is 3.26. The minimum Gasteiger partial charge on any atom is -0.480 e. The van der Waals surface area contributed by atoms with Gasteiger partial charge in [0.15, 0.2) is 0 Å². The van der Waals surface area contributed by atoms with Gasteiger partial charge in [-0.05, 0) is 33.7 Å². The number of aliphatic carboxylic acids is 1. The molecule has 0 aromatic heterocycles. The number of carboxylic acids is 1. The lowest BCUT2D eigenvalue weighted by Gasteiger charge is -2.37. The molecule has 1 amide bonds. The molecule has 5 nitrogen and oxygen atoms in total. The van der Waals surface area contributed by atoms with E-state index in [0.717, 1.165) is 12.8 Å². The number of carboxylic acid groups (broad SMARTS) is 1. The largest absolute Gasteiger partial charge is 0.480 e. The highest BCUT2D eigenvalue weighted by atomic mass is 16.4. The monoisotopic (exact) mass is 258 g/mol. The van der Waals surface area contributed by atoms with Crippen LogP contribution in [0.4, 0.5) is 0 Å². The molecule has 0 aromatic rings. The Bertz CT molecular complexity index is 290. The number of nitrogens with one attached hydrogen (secondary N) is 1. The van der Waals surface area contributed by atoms with E-state index in [-0.39, 0.29) is 5.91 Å². The first-order chi connectivity index (χ1) is 8.28. The molecule has 0 rings (SSSR count). The highest BCUT2D eigenvalue weighted by Gasteiger charge is 2.38. The van der Waals surface area contributed by atoms with Crippen molar-refractivity contribution in [2.45, 2.75) is 59.0 Å². The van der Waals surface area contributed by atoms with E-state index in [4.69, 9.17) is 0 Å². The summed E-state index contributed by atoms with van der Waals surface area (Å²) in [6, 6.07) is -0.446. The quantitative estimate of drug-likeness (QED) is 0.647. The van der Waals surface area contributed by atoms with Crippen molar-refractivity contribution in [2.75, 3.05) is 13.1 Å². The number of nitrogens with zero attached hydrogens (tertiary/aromatic N) is 1. The predicted molar refractivity (Wildman–Crippen MR) is 71.5 cm³/mol. The number of amides is 1. The van der Waals surface area contributed by atoms with Crippen molar-refractivity contribution in [3.05, 3.63) is 0 Å². The van der Waals surface area contributed by atoms with Gasteiger partial charge in [0.2, 0.25) is 5.91 Å². The van der Waals surface area contributed by atoms with Gasteiger partial charge in [-0.1, -0.05) is 20.3 Å². The van der Waals surface area contributed by atoms with Crippen LogP contribution in [0.5, 0.6) is 0 Å². The van der Waals surface area contributed by atoms with E-state index in [1.54, 1.807) is 25.7 Å². The number of hydrogen-bond acceptors (Lipinski definition) is 3. The number of unbranched alkanes of at least 4 members (excludes halogenated alkanes) is 1. The molecule has 5 heteroatoms. The Morgan fingerprint density at radius 2 is 1.89 bits per heavy atom. The summed E-state index contributed by atoms with van der Waals surface area (Å²) >= 11 is 0. The van der Waals surface area contributed by atoms with Crippen LogP contribution in [-0.4, -0.2) is 46.6 Å². The van der Waals surface area contributed by atoms with Crippen molar-refractivity contribution >= 4 is 11.9 Å². The van der Waals surface area contributed by atoms with Crippen molar-refractivity contribution in [1.82, 2.24) is 10.2 Å². The fourth-order valence-electron chi connectivity index (χ4n) is 1.95. The molecule has 1 unspecified atom stereocenters. The second-order valence-corrected chi connectivity index (χ2v) is 4.97. The van der Waals surface area contributed by atoms with Crippen LogP contribution in [0.1, 0.15) is 47.5 Å². The first-order valence-corrected chi connectivity index (χ1v) is 6.56. The van der Waals surface area contributed by atoms with Crippen molar-refractivity contribution in [1.29, 1.82) is 0 Å². The molecule has 0 aliphatic heterocycles. The molecule has 0 aliphatic carbocycles. The van der Waals surface area contributed by atoms with Gasteiger partial charge in [0.25, 0.3) is 0 Å². The summed E-state index contributed by atoms with van der Waals surface area (Å²) in [5.74, 6) is -1.03. The maximum Gasteiger partial charge on any atom is 0.323 e. The zero-order valence-corrected chi connectivity index (χ0v) is 12.1. The van der Waals surface area contributed by atoms with E-state index in [9.17, 15) is 14.7 Å². The minimum absolute atomic E-state index is 0.111. The Kier molecular flexibility index (Phi) is 6.91. The standard InChI is InChI=1S/C13H26N2O3/c1-6-8-9-14-11(16)10(3)15(7-2)13(4,5)12(17)18/h10H,6-9H2,1-5H3,(H,14,16)(H,17,18). The maximum atomic E-state index is 11.9. The van der Waals surface area contributed by atoms with Crippen molar-refractivity contribution < 1.29 is 14.7 Å². The highest BCUT2D eigenvalue weighted by Crippen LogP contribution is 2.18. The summed E-state index contributed by atoms with van der Waals surface area (Å²) in [5, 5.41) is 12.0. The summed E-state index contributed by atoms with van der Waals surface area (Å²) < 4.78 is 0. The molecular weight excluding hydrogens is 232 g/mol. The van der Waals surface area contributed by atoms with Gasteiger partial charge in [-0.25, -0.2) is 0 Å². The van der Waals surface area contributed by atoms with Crippen LogP contribution < -0.4 is 5.32 Å². The van der Waals surface area contributed by atoms with Gasteiger partial charge >= 0.3 is 5.97 Å². The Morgan fingerprint density at radius 1 is 1.33 bits per heavy atom. The minimum atomic E-state index is -1.05. The van der Waals surface area contributed by atoms with Gasteiger partial charge in [0.1, 0.15) is 5.54 Å². The van der Waals surface area contributed by atoms with Crippen LogP contribution in [0, 0.1) is 0 Å². The fraction of sp³-hybridized carbons (Fsp3) is 0.846. The Balaban J connectivity index is 4.65. The number of carbonyl (C=O) groups excluding carboxylic acids is 1. The Labute approximate surface area is 110 Å². The second kappa shape index (κ2) is 7.36. The van der Waals surface area contributed by atoms with E-state index in [2.05, 4.69) is 12.2 Å². The molecule has 0 spiro atoms. The first-order valence-electron chi connectivity index (χ1n) is 6.56. The molecule has 106 valence electrons. The first kappa shape index (κ1) is 16.9. The van der Waals surface area contributed by atoms with Crippen LogP contribution in [0.2, 0.25) is 0 Å². The zero-order valence-electron chi connectivity index (χ0n) is 12.1. The lowest BCUT2D eigenvalue weighted by molar-refractivity contribution is -0.152. The number of likely N-dealkylation sites (N-methyl/N-ethyl adjacent to an activating group) is 1. The van der Waals surface area contributed by atoms with E-state index in [0.29, 0.717) is 13.1 Å². The van der Waals surface area contributed by atoms with Crippen molar-refractivity contribution in [3.8, 4) is 0 Å². The molecule has 2 N–H and O–H groups in total. The Morgan fingerprint density at radius 3 is 2.28 bits per heavy atom. The van der Waals surface area contributed by atoms with Gasteiger partial charge in [-0.3, -0.25) is 14.5 Å². The Hall–Kier alpha value is -1.10. The average molecular weight is 258 g/mol. The van der Waals surface area contributed by atoms with E-state index < -0.39 is 17.6 Å². The van der Waals surface area contributed by atoms with Gasteiger partial charge in [-0.15, -0.1) is 0 Å². The molecule has 18 heavy (non-hydrogen) atoms. The molecule has 0 radical (unpaired) electrons. The van der Waals surface area contributed by atoms with Crippen LogP contribution in [0.3, 0.4) is 0 Å². The smallest absolute Gasteiger partial charge is 0.323 e. The van der Waals surface area contributed by atoms with Gasteiger partial charge in [0, 0.05) is 6.54 Å². The predicted octanol–water partition coefficient (Wildman–Crippen LogP) is 1.48. The molecule has 0 saturated heterocycles. The van der Waals surface area contributed by atoms with E-state index in [1.165, 1.54) is 0 Å². The summed E-state index contributed by atoms with van der Waals surface area (Å²) in [4.78, 5) is 24.9. The number of carbonyl (C=O) groups is 2. The molecule has 0 aliphatic rings. The normalized spacial score (nSPS) is 13.4. The van der Waals surface area contributed by atoms with E-state index in [1.807, 2.05) is 6.92 Å². The SMILES string of the molecule is CCCCNC(=O)C(C)N(CC)C(C)(C)C(=O)O. The van der Waals surface area contributed by atoms with Crippen molar-refractivity contribution in [2.24, 2.45) is 0 Å². The topological polar surface area (TPSA) is 69.6 Å². The fourth-order valence-corrected chi connectivity index (χ4v) is 1.95. The molecule has 1 atom stereocenters. The van der Waals surface area contributed by atoms with Crippen LogP contribution in [0.25, 0.3) is 0 Å². The number of rotatable bonds is 8. The van der Waals surface area contributed by atoms with E-state index >= 15 is 0 Å². The third-order valence-electron chi connectivity index (χ3n) is 3.26. The summed E-state index contributed by atoms with van der Waals surface area (Å²) in [6.45, 7) is 10.1. The van der Waals surface area contributed by atoms with Gasteiger partial charge in [0.05, 0.1) is 6.04 Å². The van der Waals surface area contributed by atoms with Crippen LogP contribution >= 0.6 is 0 Å². The molecule has 0 heterocycles. The third kappa shape index (κ3) is 4.29. The molecule has 0 fully saturated rings. The van der Waals surface area contributed by atoms with Crippen LogP contribution in [-0.2, 0) is 9.59 Å². The molecule has 0 bridgehead atoms. The lowest BCUT2D eigenvalue weighted by atomic mass is 10.0.